The molecule has 3 rings (SSSR count). The van der Waals surface area contributed by atoms with E-state index in [-0.39, 0.29) is 0 Å². The minimum absolute atomic E-state index is 0.303. The van der Waals surface area contributed by atoms with Crippen molar-refractivity contribution in [1.82, 2.24) is 4.98 Å². The number of ether oxygens (including phenoxy) is 2. The number of benzene rings is 2. The lowest BCUT2D eigenvalue weighted by Gasteiger charge is -2.12. The predicted molar refractivity (Wildman–Crippen MR) is 112 cm³/mol. The largest absolute Gasteiger partial charge is 0.496 e. The Bertz CT molecular complexity index is 972. The third kappa shape index (κ3) is 4.79. The van der Waals surface area contributed by atoms with Crippen molar-refractivity contribution < 1.29 is 9.47 Å². The molecule has 0 aliphatic rings. The molecule has 0 saturated heterocycles. The first-order valence-electron chi connectivity index (χ1n) is 8.96. The minimum atomic E-state index is 0.303. The third-order valence-corrected chi connectivity index (χ3v) is 4.23. The topological polar surface area (TPSA) is 81.8 Å². The van der Waals surface area contributed by atoms with Crippen LogP contribution in [-0.4, -0.2) is 18.1 Å². The summed E-state index contributed by atoms with van der Waals surface area (Å²) in [5.74, 6) is 2.62. The van der Waals surface area contributed by atoms with Crippen LogP contribution >= 0.6 is 0 Å². The van der Waals surface area contributed by atoms with Crippen LogP contribution in [0.5, 0.6) is 17.2 Å². The van der Waals surface area contributed by atoms with E-state index in [9.17, 15) is 0 Å². The van der Waals surface area contributed by atoms with E-state index in [4.69, 9.17) is 15.2 Å². The van der Waals surface area contributed by atoms with Crippen LogP contribution in [0.3, 0.4) is 0 Å². The Morgan fingerprint density at radius 3 is 2.57 bits per heavy atom. The molecule has 2 aromatic carbocycles. The van der Waals surface area contributed by atoms with Crippen LogP contribution < -0.4 is 20.5 Å². The maximum absolute atomic E-state index is 6.05. The zero-order valence-corrected chi connectivity index (χ0v) is 16.3. The standard InChI is InChI=1S/C22H24N4O2/c1-15-13-24-20(16(2)21(15)27-3)14-25-22(23)26-17-8-7-11-19(12-17)28-18-9-5-4-6-10-18/h4-13H,14H2,1-3H3,(H3,23,25,26). The molecular formula is C22H24N4O2. The van der Waals surface area contributed by atoms with E-state index < -0.39 is 0 Å². The van der Waals surface area contributed by atoms with Crippen LogP contribution in [-0.2, 0) is 6.54 Å². The van der Waals surface area contributed by atoms with Gasteiger partial charge in [-0.15, -0.1) is 0 Å². The van der Waals surface area contributed by atoms with E-state index >= 15 is 0 Å². The van der Waals surface area contributed by atoms with Gasteiger partial charge in [0.15, 0.2) is 5.96 Å². The number of anilines is 1. The van der Waals surface area contributed by atoms with E-state index in [0.717, 1.165) is 34.0 Å². The SMILES string of the molecule is COc1c(C)cnc(CN=C(N)Nc2cccc(Oc3ccccc3)c2)c1C. The van der Waals surface area contributed by atoms with E-state index in [0.29, 0.717) is 18.3 Å². The van der Waals surface area contributed by atoms with Crippen molar-refractivity contribution in [3.63, 3.8) is 0 Å². The summed E-state index contributed by atoms with van der Waals surface area (Å²) in [5, 5.41) is 3.09. The second-order valence-corrected chi connectivity index (χ2v) is 6.32. The fraction of sp³-hybridized carbons (Fsp3) is 0.182. The number of aryl methyl sites for hydroxylation is 1. The number of hydrogen-bond acceptors (Lipinski definition) is 4. The maximum Gasteiger partial charge on any atom is 0.193 e. The fourth-order valence-electron chi connectivity index (χ4n) is 2.84. The normalized spacial score (nSPS) is 11.2. The van der Waals surface area contributed by atoms with Gasteiger partial charge in [-0.1, -0.05) is 24.3 Å². The molecule has 0 radical (unpaired) electrons. The Morgan fingerprint density at radius 2 is 1.82 bits per heavy atom. The quantitative estimate of drug-likeness (QED) is 0.491. The van der Waals surface area contributed by atoms with Gasteiger partial charge in [0.2, 0.25) is 0 Å². The van der Waals surface area contributed by atoms with Crippen molar-refractivity contribution in [2.45, 2.75) is 20.4 Å². The summed E-state index contributed by atoms with van der Waals surface area (Å²) in [6, 6.07) is 17.2. The highest BCUT2D eigenvalue weighted by molar-refractivity contribution is 5.92. The molecule has 1 heterocycles. The van der Waals surface area contributed by atoms with Gasteiger partial charge >= 0.3 is 0 Å². The fourth-order valence-corrected chi connectivity index (χ4v) is 2.84. The second kappa shape index (κ2) is 8.90. The summed E-state index contributed by atoms with van der Waals surface area (Å²) in [7, 11) is 1.66. The number of methoxy groups -OCH3 is 1. The summed E-state index contributed by atoms with van der Waals surface area (Å²) in [6.45, 7) is 4.30. The van der Waals surface area contributed by atoms with Gasteiger partial charge in [0.05, 0.1) is 19.3 Å². The molecular weight excluding hydrogens is 352 g/mol. The van der Waals surface area contributed by atoms with Gasteiger partial charge in [-0.3, -0.25) is 4.98 Å². The predicted octanol–water partition coefficient (Wildman–Crippen LogP) is 4.43. The number of nitrogens with two attached hydrogens (primary N) is 1. The Kier molecular flexibility index (Phi) is 6.11. The van der Waals surface area contributed by atoms with E-state index in [1.807, 2.05) is 68.4 Å². The number of hydrogen-bond donors (Lipinski definition) is 2. The number of para-hydroxylation sites is 1. The Labute approximate surface area is 165 Å². The molecule has 0 saturated carbocycles. The molecule has 3 aromatic rings. The molecule has 0 atom stereocenters. The zero-order chi connectivity index (χ0) is 19.9. The zero-order valence-electron chi connectivity index (χ0n) is 16.3. The molecule has 0 spiro atoms. The van der Waals surface area contributed by atoms with Gasteiger partial charge in [-0.2, -0.15) is 0 Å². The summed E-state index contributed by atoms with van der Waals surface area (Å²) in [5.41, 5.74) is 9.63. The van der Waals surface area contributed by atoms with E-state index in [1.54, 1.807) is 13.3 Å². The smallest absolute Gasteiger partial charge is 0.193 e. The van der Waals surface area contributed by atoms with Gasteiger partial charge in [0.1, 0.15) is 17.2 Å². The van der Waals surface area contributed by atoms with Gasteiger partial charge < -0.3 is 20.5 Å². The summed E-state index contributed by atoms with van der Waals surface area (Å²) >= 11 is 0. The first-order chi connectivity index (χ1) is 13.6. The summed E-state index contributed by atoms with van der Waals surface area (Å²) in [6.07, 6.45) is 1.78. The number of nitrogens with zero attached hydrogens (tertiary/aromatic N) is 2. The van der Waals surface area contributed by atoms with Crippen LogP contribution in [0.4, 0.5) is 5.69 Å². The molecule has 3 N–H and O–H groups in total. The van der Waals surface area contributed by atoms with Crippen molar-refractivity contribution >= 4 is 11.6 Å². The monoisotopic (exact) mass is 376 g/mol. The first kappa shape index (κ1) is 19.2. The first-order valence-corrected chi connectivity index (χ1v) is 8.96. The van der Waals surface area contributed by atoms with Crippen molar-refractivity contribution in [3.8, 4) is 17.2 Å². The lowest BCUT2D eigenvalue weighted by molar-refractivity contribution is 0.407. The van der Waals surface area contributed by atoms with Crippen molar-refractivity contribution in [2.24, 2.45) is 10.7 Å². The maximum atomic E-state index is 6.05. The van der Waals surface area contributed by atoms with Crippen LogP contribution in [0.2, 0.25) is 0 Å². The van der Waals surface area contributed by atoms with E-state index in [1.165, 1.54) is 0 Å². The number of nitrogens with one attached hydrogen (secondary N) is 1. The molecule has 6 nitrogen and oxygen atoms in total. The van der Waals surface area contributed by atoms with Gasteiger partial charge in [-0.05, 0) is 38.1 Å². The molecule has 0 bridgehead atoms. The average Bonchev–Trinajstić information content (AvgIpc) is 2.69. The number of aromatic nitrogens is 1. The number of guanidine groups is 1. The molecule has 28 heavy (non-hydrogen) atoms. The van der Waals surface area contributed by atoms with Crippen LogP contribution in [0.15, 0.2) is 65.8 Å². The third-order valence-electron chi connectivity index (χ3n) is 4.23. The van der Waals surface area contributed by atoms with Crippen LogP contribution in [0, 0.1) is 13.8 Å². The summed E-state index contributed by atoms with van der Waals surface area (Å²) in [4.78, 5) is 8.83. The molecule has 0 fully saturated rings. The number of pyridine rings is 1. The molecule has 0 unspecified atom stereocenters. The molecule has 0 aliphatic heterocycles. The van der Waals surface area contributed by atoms with E-state index in [2.05, 4.69) is 15.3 Å². The van der Waals surface area contributed by atoms with Crippen LogP contribution in [0.25, 0.3) is 0 Å². The number of rotatable bonds is 6. The Morgan fingerprint density at radius 1 is 1.07 bits per heavy atom. The molecule has 1 aromatic heterocycles. The second-order valence-electron chi connectivity index (χ2n) is 6.32. The number of aliphatic imine (C=N–C) groups is 1. The molecule has 144 valence electrons. The Balaban J connectivity index is 1.68. The minimum Gasteiger partial charge on any atom is -0.496 e. The van der Waals surface area contributed by atoms with Gasteiger partial charge in [0.25, 0.3) is 0 Å². The molecule has 0 amide bonds. The summed E-state index contributed by atoms with van der Waals surface area (Å²) < 4.78 is 11.3. The van der Waals surface area contributed by atoms with Crippen molar-refractivity contribution in [3.05, 3.63) is 77.6 Å². The molecule has 0 aliphatic carbocycles. The average molecular weight is 376 g/mol. The highest BCUT2D eigenvalue weighted by Crippen LogP contribution is 2.25. The van der Waals surface area contributed by atoms with Crippen LogP contribution in [0.1, 0.15) is 16.8 Å². The highest BCUT2D eigenvalue weighted by atomic mass is 16.5. The highest BCUT2D eigenvalue weighted by Gasteiger charge is 2.09. The van der Waals surface area contributed by atoms with Gasteiger partial charge in [-0.25, -0.2) is 4.99 Å². The Hall–Kier alpha value is -3.54. The van der Waals surface area contributed by atoms with Crippen molar-refractivity contribution in [2.75, 3.05) is 12.4 Å². The molecule has 6 heteroatoms. The lowest BCUT2D eigenvalue weighted by Crippen LogP contribution is -2.22. The van der Waals surface area contributed by atoms with Crippen molar-refractivity contribution in [1.29, 1.82) is 0 Å². The lowest BCUT2D eigenvalue weighted by atomic mass is 10.1. The van der Waals surface area contributed by atoms with Gasteiger partial charge in [0, 0.05) is 29.1 Å².